The molecule has 0 N–H and O–H groups in total. The molecule has 0 unspecified atom stereocenters. The SMILES string of the molecule is O=C(CCN1CCSc2ccccc2C1)c1ccccc1. The smallest absolute Gasteiger partial charge is 0.164 e. The third-order valence-corrected chi connectivity index (χ3v) is 4.88. The summed E-state index contributed by atoms with van der Waals surface area (Å²) in [5.74, 6) is 1.33. The number of fused-ring (bicyclic) bond motifs is 1. The van der Waals surface area contributed by atoms with Crippen LogP contribution in [0.1, 0.15) is 22.3 Å². The average Bonchev–Trinajstić information content (AvgIpc) is 2.75. The largest absolute Gasteiger partial charge is 0.298 e. The van der Waals surface area contributed by atoms with Gasteiger partial charge in [-0.3, -0.25) is 9.69 Å². The van der Waals surface area contributed by atoms with Crippen LogP contribution in [0.4, 0.5) is 0 Å². The van der Waals surface area contributed by atoms with E-state index < -0.39 is 0 Å². The lowest BCUT2D eigenvalue weighted by atomic mass is 10.1. The summed E-state index contributed by atoms with van der Waals surface area (Å²) < 4.78 is 0. The van der Waals surface area contributed by atoms with Gasteiger partial charge in [-0.25, -0.2) is 0 Å². The van der Waals surface area contributed by atoms with Crippen LogP contribution in [-0.2, 0) is 6.54 Å². The van der Waals surface area contributed by atoms with Crippen molar-refractivity contribution in [3.63, 3.8) is 0 Å². The normalized spacial score (nSPS) is 15.2. The molecular formula is C18H19NOS. The minimum atomic E-state index is 0.237. The van der Waals surface area contributed by atoms with Gasteiger partial charge in [-0.2, -0.15) is 0 Å². The Bertz CT molecular complexity index is 612. The highest BCUT2D eigenvalue weighted by atomic mass is 32.2. The van der Waals surface area contributed by atoms with Gasteiger partial charge in [0.1, 0.15) is 0 Å². The van der Waals surface area contributed by atoms with Gasteiger partial charge < -0.3 is 0 Å². The van der Waals surface area contributed by atoms with Gasteiger partial charge in [0.15, 0.2) is 5.78 Å². The summed E-state index contributed by atoms with van der Waals surface area (Å²) in [6.45, 7) is 2.83. The van der Waals surface area contributed by atoms with Crippen molar-refractivity contribution < 1.29 is 4.79 Å². The molecule has 0 aromatic heterocycles. The van der Waals surface area contributed by atoms with E-state index in [9.17, 15) is 4.79 Å². The first kappa shape index (κ1) is 14.4. The van der Waals surface area contributed by atoms with Gasteiger partial charge in [-0.1, -0.05) is 48.5 Å². The van der Waals surface area contributed by atoms with E-state index in [-0.39, 0.29) is 5.78 Å². The van der Waals surface area contributed by atoms with E-state index >= 15 is 0 Å². The monoisotopic (exact) mass is 297 g/mol. The van der Waals surface area contributed by atoms with Crippen LogP contribution in [0, 0.1) is 0 Å². The van der Waals surface area contributed by atoms with E-state index in [1.54, 1.807) is 0 Å². The molecule has 0 radical (unpaired) electrons. The molecule has 0 saturated heterocycles. The first-order valence-corrected chi connectivity index (χ1v) is 8.33. The molecule has 0 atom stereocenters. The van der Waals surface area contributed by atoms with Crippen LogP contribution in [0.3, 0.4) is 0 Å². The van der Waals surface area contributed by atoms with E-state index in [2.05, 4.69) is 29.2 Å². The Hall–Kier alpha value is -1.58. The maximum Gasteiger partial charge on any atom is 0.164 e. The Morgan fingerprint density at radius 3 is 2.67 bits per heavy atom. The zero-order valence-electron chi connectivity index (χ0n) is 12.0. The zero-order chi connectivity index (χ0) is 14.5. The summed E-state index contributed by atoms with van der Waals surface area (Å²) in [6, 6.07) is 18.2. The summed E-state index contributed by atoms with van der Waals surface area (Å²) >= 11 is 1.92. The predicted octanol–water partition coefficient (Wildman–Crippen LogP) is 3.87. The molecule has 2 aromatic rings. The number of rotatable bonds is 4. The lowest BCUT2D eigenvalue weighted by Gasteiger charge is -2.19. The number of ketones is 1. The second-order valence-corrected chi connectivity index (χ2v) is 6.41. The van der Waals surface area contributed by atoms with Crippen LogP contribution in [0.15, 0.2) is 59.5 Å². The molecular weight excluding hydrogens is 278 g/mol. The number of thioether (sulfide) groups is 1. The summed E-state index contributed by atoms with van der Waals surface area (Å²) in [6.07, 6.45) is 0.594. The summed E-state index contributed by atoms with van der Waals surface area (Å²) in [5, 5.41) is 0. The number of hydrogen-bond donors (Lipinski definition) is 0. The van der Waals surface area contributed by atoms with E-state index in [1.165, 1.54) is 10.5 Å². The molecule has 21 heavy (non-hydrogen) atoms. The fourth-order valence-electron chi connectivity index (χ4n) is 2.60. The standard InChI is InChI=1S/C18H19NOS/c20-17(15-6-2-1-3-7-15)10-11-19-12-13-21-18-9-5-4-8-16(18)14-19/h1-9H,10-14H2. The van der Waals surface area contributed by atoms with Crippen molar-refractivity contribution in [2.45, 2.75) is 17.9 Å². The van der Waals surface area contributed by atoms with Crippen molar-refractivity contribution in [2.24, 2.45) is 0 Å². The summed E-state index contributed by atoms with van der Waals surface area (Å²) in [5.41, 5.74) is 2.20. The highest BCUT2D eigenvalue weighted by Crippen LogP contribution is 2.27. The fraction of sp³-hybridized carbons (Fsp3) is 0.278. The van der Waals surface area contributed by atoms with Crippen LogP contribution < -0.4 is 0 Å². The maximum absolute atomic E-state index is 12.2. The number of hydrogen-bond acceptors (Lipinski definition) is 3. The quantitative estimate of drug-likeness (QED) is 0.799. The molecule has 0 fully saturated rings. The van der Waals surface area contributed by atoms with E-state index in [4.69, 9.17) is 0 Å². The predicted molar refractivity (Wildman–Crippen MR) is 87.8 cm³/mol. The molecule has 108 valence electrons. The Morgan fingerprint density at radius 2 is 1.81 bits per heavy atom. The van der Waals surface area contributed by atoms with Gasteiger partial charge in [0, 0.05) is 42.3 Å². The van der Waals surface area contributed by atoms with Gasteiger partial charge in [-0.15, -0.1) is 11.8 Å². The third kappa shape index (κ3) is 3.74. The molecule has 2 nitrogen and oxygen atoms in total. The van der Waals surface area contributed by atoms with Crippen LogP contribution in [0.25, 0.3) is 0 Å². The molecule has 1 aliphatic rings. The van der Waals surface area contributed by atoms with Crippen molar-refractivity contribution in [1.82, 2.24) is 4.90 Å². The van der Waals surface area contributed by atoms with Crippen molar-refractivity contribution in [2.75, 3.05) is 18.8 Å². The minimum Gasteiger partial charge on any atom is -0.298 e. The number of carbonyl (C=O) groups is 1. The number of Topliss-reactive ketones (excluding diaryl/α,β-unsaturated/α-hetero) is 1. The molecule has 0 spiro atoms. The van der Waals surface area contributed by atoms with Crippen LogP contribution >= 0.6 is 11.8 Å². The molecule has 3 rings (SSSR count). The molecule has 2 aromatic carbocycles. The zero-order valence-corrected chi connectivity index (χ0v) is 12.8. The maximum atomic E-state index is 12.2. The first-order chi connectivity index (χ1) is 10.3. The highest BCUT2D eigenvalue weighted by Gasteiger charge is 2.15. The van der Waals surface area contributed by atoms with Crippen LogP contribution in [-0.4, -0.2) is 29.5 Å². The Balaban J connectivity index is 1.60. The fourth-order valence-corrected chi connectivity index (χ4v) is 3.66. The lowest BCUT2D eigenvalue weighted by molar-refractivity contribution is 0.0964. The summed E-state index contributed by atoms with van der Waals surface area (Å²) in [4.78, 5) is 16.0. The van der Waals surface area contributed by atoms with Crippen molar-refractivity contribution in [1.29, 1.82) is 0 Å². The van der Waals surface area contributed by atoms with Gasteiger partial charge in [0.05, 0.1) is 0 Å². The van der Waals surface area contributed by atoms with Gasteiger partial charge in [0.2, 0.25) is 0 Å². The van der Waals surface area contributed by atoms with Crippen molar-refractivity contribution in [3.8, 4) is 0 Å². The van der Waals surface area contributed by atoms with Crippen molar-refractivity contribution in [3.05, 3.63) is 65.7 Å². The second kappa shape index (κ2) is 6.92. The van der Waals surface area contributed by atoms with Gasteiger partial charge in [-0.05, 0) is 11.6 Å². The summed E-state index contributed by atoms with van der Waals surface area (Å²) in [7, 11) is 0. The number of benzene rings is 2. The Kier molecular flexibility index (Phi) is 4.73. The molecule has 0 amide bonds. The number of carbonyl (C=O) groups excluding carboxylic acids is 1. The second-order valence-electron chi connectivity index (χ2n) is 5.27. The van der Waals surface area contributed by atoms with Crippen LogP contribution in [0.5, 0.6) is 0 Å². The molecule has 0 aliphatic carbocycles. The average molecular weight is 297 g/mol. The minimum absolute atomic E-state index is 0.237. The Labute approximate surface area is 130 Å². The van der Waals surface area contributed by atoms with E-state index in [1.807, 2.05) is 42.1 Å². The number of nitrogens with zero attached hydrogens (tertiary/aromatic N) is 1. The van der Waals surface area contributed by atoms with E-state index in [0.717, 1.165) is 31.0 Å². The van der Waals surface area contributed by atoms with Crippen LogP contribution in [0.2, 0.25) is 0 Å². The van der Waals surface area contributed by atoms with Gasteiger partial charge in [0.25, 0.3) is 0 Å². The van der Waals surface area contributed by atoms with E-state index in [0.29, 0.717) is 6.42 Å². The topological polar surface area (TPSA) is 20.3 Å². The molecule has 0 saturated carbocycles. The Morgan fingerprint density at radius 1 is 1.05 bits per heavy atom. The molecule has 1 heterocycles. The van der Waals surface area contributed by atoms with Crippen molar-refractivity contribution >= 4 is 17.5 Å². The third-order valence-electron chi connectivity index (χ3n) is 3.78. The molecule has 3 heteroatoms. The van der Waals surface area contributed by atoms with Gasteiger partial charge >= 0.3 is 0 Å². The molecule has 0 bridgehead atoms. The lowest BCUT2D eigenvalue weighted by Crippen LogP contribution is -2.27. The highest BCUT2D eigenvalue weighted by molar-refractivity contribution is 7.99. The molecule has 1 aliphatic heterocycles. The first-order valence-electron chi connectivity index (χ1n) is 7.34.